The van der Waals surface area contributed by atoms with Gasteiger partial charge < -0.3 is 14.5 Å². The van der Waals surface area contributed by atoms with E-state index >= 15 is 0 Å². The Labute approximate surface area is 236 Å². The number of nitro groups is 1. The summed E-state index contributed by atoms with van der Waals surface area (Å²) in [6.07, 6.45) is 5.66. The van der Waals surface area contributed by atoms with E-state index in [0.29, 0.717) is 18.0 Å². The number of hydrogen-bond acceptors (Lipinski definition) is 7. The Kier molecular flexibility index (Phi) is 9.94. The van der Waals surface area contributed by atoms with Gasteiger partial charge in [-0.2, -0.15) is 0 Å². The summed E-state index contributed by atoms with van der Waals surface area (Å²) >= 11 is 0. The van der Waals surface area contributed by atoms with Gasteiger partial charge in [-0.25, -0.2) is 17.9 Å². The fourth-order valence-electron chi connectivity index (χ4n) is 6.03. The molecule has 2 aliphatic rings. The maximum Gasteiger partial charge on any atom is 0.410 e. The van der Waals surface area contributed by atoms with Crippen LogP contribution in [0, 0.1) is 16.0 Å². The number of amides is 1. The molecular weight excluding hydrogens is 532 g/mol. The van der Waals surface area contributed by atoms with Crippen LogP contribution in [0.3, 0.4) is 0 Å². The molecule has 1 aliphatic heterocycles. The van der Waals surface area contributed by atoms with Gasteiger partial charge in [-0.15, -0.1) is 6.58 Å². The molecule has 1 N–H and O–H groups in total. The maximum absolute atomic E-state index is 13.0. The Morgan fingerprint density at radius 1 is 1.15 bits per heavy atom. The summed E-state index contributed by atoms with van der Waals surface area (Å²) in [5, 5.41) is 10.9. The fraction of sp³-hybridized carbons (Fsp3) is 0.483. The van der Waals surface area contributed by atoms with Gasteiger partial charge in [-0.3, -0.25) is 10.1 Å². The summed E-state index contributed by atoms with van der Waals surface area (Å²) in [6.45, 7) is 6.75. The van der Waals surface area contributed by atoms with Crippen molar-refractivity contribution in [3.05, 3.63) is 88.5 Å². The topological polar surface area (TPSA) is 122 Å². The summed E-state index contributed by atoms with van der Waals surface area (Å²) < 4.78 is 32.2. The van der Waals surface area contributed by atoms with Crippen LogP contribution >= 0.6 is 0 Å². The Morgan fingerprint density at radius 3 is 2.42 bits per heavy atom. The van der Waals surface area contributed by atoms with E-state index < -0.39 is 21.0 Å². The van der Waals surface area contributed by atoms with Crippen LogP contribution in [0.5, 0.6) is 0 Å². The number of nitrogens with one attached hydrogen (secondary N) is 1. The molecular formula is C29H38N4O6S. The summed E-state index contributed by atoms with van der Waals surface area (Å²) in [4.78, 5) is 27.5. The molecule has 0 spiro atoms. The van der Waals surface area contributed by atoms with Gasteiger partial charge in [0.1, 0.15) is 6.61 Å². The van der Waals surface area contributed by atoms with Gasteiger partial charge in [0.25, 0.3) is 5.69 Å². The molecule has 10 nitrogen and oxygen atoms in total. The Hall–Kier alpha value is -3.28. The fourth-order valence-corrected chi connectivity index (χ4v) is 6.83. The lowest BCUT2D eigenvalue weighted by molar-refractivity contribution is -0.384. The number of benzene rings is 2. The summed E-state index contributed by atoms with van der Waals surface area (Å²) in [6, 6.07) is 16.2. The normalized spacial score (nSPS) is 22.1. The molecule has 1 aliphatic carbocycles. The Morgan fingerprint density at radius 2 is 1.82 bits per heavy atom. The third kappa shape index (κ3) is 8.12. The van der Waals surface area contributed by atoms with Crippen LogP contribution in [-0.2, 0) is 21.4 Å². The predicted octanol–water partition coefficient (Wildman–Crippen LogP) is 4.30. The highest BCUT2D eigenvalue weighted by molar-refractivity contribution is 7.88. The average molecular weight is 571 g/mol. The second-order valence-electron chi connectivity index (χ2n) is 10.8. The van der Waals surface area contributed by atoms with E-state index in [4.69, 9.17) is 4.74 Å². The van der Waals surface area contributed by atoms with E-state index in [2.05, 4.69) is 28.3 Å². The van der Waals surface area contributed by atoms with E-state index in [1.54, 1.807) is 23.1 Å². The number of piperidine rings is 1. The summed E-state index contributed by atoms with van der Waals surface area (Å²) in [7, 11) is -3.28. The van der Waals surface area contributed by atoms with Crippen LogP contribution in [-0.4, -0.2) is 73.8 Å². The van der Waals surface area contributed by atoms with Gasteiger partial charge in [0.15, 0.2) is 0 Å². The van der Waals surface area contributed by atoms with E-state index in [0.717, 1.165) is 45.3 Å². The lowest BCUT2D eigenvalue weighted by Crippen LogP contribution is -2.48. The number of sulfonamides is 1. The van der Waals surface area contributed by atoms with E-state index in [-0.39, 0.29) is 30.3 Å². The van der Waals surface area contributed by atoms with Crippen molar-refractivity contribution in [1.29, 1.82) is 0 Å². The molecule has 1 amide bonds. The zero-order chi connectivity index (χ0) is 28.7. The molecule has 0 aromatic heterocycles. The first kappa shape index (κ1) is 29.7. The zero-order valence-corrected chi connectivity index (χ0v) is 23.7. The number of ether oxygens (including phenoxy) is 1. The van der Waals surface area contributed by atoms with E-state index in [9.17, 15) is 23.3 Å². The van der Waals surface area contributed by atoms with Crippen LogP contribution in [0.2, 0.25) is 0 Å². The molecule has 1 heterocycles. The Balaban J connectivity index is 1.33. The molecule has 0 unspecified atom stereocenters. The average Bonchev–Trinajstić information content (AvgIpc) is 3.32. The Bertz CT molecular complexity index is 1260. The molecule has 1 saturated carbocycles. The number of nitro benzene ring substituents is 1. The number of carbonyl (C=O) groups excluding carboxylic acids is 1. The van der Waals surface area contributed by atoms with Crippen molar-refractivity contribution in [3.8, 4) is 0 Å². The van der Waals surface area contributed by atoms with Crippen molar-refractivity contribution in [3.63, 3.8) is 0 Å². The minimum atomic E-state index is -3.28. The largest absolute Gasteiger partial charge is 0.445 e. The molecule has 2 fully saturated rings. The van der Waals surface area contributed by atoms with Crippen molar-refractivity contribution >= 4 is 21.8 Å². The van der Waals surface area contributed by atoms with Crippen LogP contribution in [0.15, 0.2) is 67.3 Å². The number of hydrogen-bond donors (Lipinski definition) is 1. The molecule has 2 aromatic carbocycles. The van der Waals surface area contributed by atoms with Gasteiger partial charge in [0.05, 0.1) is 11.2 Å². The van der Waals surface area contributed by atoms with Gasteiger partial charge in [0.2, 0.25) is 10.0 Å². The maximum atomic E-state index is 13.0. The second-order valence-corrected chi connectivity index (χ2v) is 12.6. The molecule has 40 heavy (non-hydrogen) atoms. The minimum absolute atomic E-state index is 0.00927. The molecule has 216 valence electrons. The van der Waals surface area contributed by atoms with Gasteiger partial charge in [0, 0.05) is 50.4 Å². The summed E-state index contributed by atoms with van der Waals surface area (Å²) in [5.41, 5.74) is 1.92. The van der Waals surface area contributed by atoms with Crippen LogP contribution in [0.4, 0.5) is 10.5 Å². The number of likely N-dealkylation sites (tertiary alicyclic amines) is 1. The van der Waals surface area contributed by atoms with Gasteiger partial charge >= 0.3 is 6.09 Å². The van der Waals surface area contributed by atoms with E-state index in [1.165, 1.54) is 24.0 Å². The standard InChI is InChI=1S/C29H38N4O6S/c1-3-15-32(29(34)39-21-22-9-11-27(12-10-22)33(35)36)26-13-16-31(17-14-26)20-24-18-25(30-40(2,37)38)19-28(24)23-7-5-4-6-8-23/h3-12,24-26,28,30H,1,13-21H2,2H3/t24-,25+,28-/m1/s1. The third-order valence-electron chi connectivity index (χ3n) is 7.86. The molecule has 0 radical (unpaired) electrons. The minimum Gasteiger partial charge on any atom is -0.445 e. The van der Waals surface area contributed by atoms with E-state index in [1.807, 2.05) is 18.2 Å². The van der Waals surface area contributed by atoms with Gasteiger partial charge in [-0.1, -0.05) is 36.4 Å². The number of rotatable bonds is 11. The molecule has 1 saturated heterocycles. The monoisotopic (exact) mass is 570 g/mol. The third-order valence-corrected chi connectivity index (χ3v) is 8.63. The lowest BCUT2D eigenvalue weighted by atomic mass is 9.88. The predicted molar refractivity (Wildman–Crippen MR) is 153 cm³/mol. The quantitative estimate of drug-likeness (QED) is 0.243. The highest BCUT2D eigenvalue weighted by Crippen LogP contribution is 2.41. The van der Waals surface area contributed by atoms with Crippen molar-refractivity contribution in [2.75, 3.05) is 32.4 Å². The second kappa shape index (κ2) is 13.4. The first-order valence-corrected chi connectivity index (χ1v) is 15.5. The van der Waals surface area contributed by atoms with Crippen molar-refractivity contribution < 1.29 is 22.9 Å². The molecule has 2 aromatic rings. The SMILES string of the molecule is C=CCN(C(=O)OCc1ccc([N+](=O)[O-])cc1)C1CCN(C[C@H]2C[C@H](NS(C)(=O)=O)C[C@@H]2c2ccccc2)CC1. The highest BCUT2D eigenvalue weighted by atomic mass is 32.2. The smallest absolute Gasteiger partial charge is 0.410 e. The number of nitrogens with zero attached hydrogens (tertiary/aromatic N) is 3. The molecule has 11 heteroatoms. The number of carbonyl (C=O) groups is 1. The first-order valence-electron chi connectivity index (χ1n) is 13.6. The molecule has 4 rings (SSSR count). The lowest BCUT2D eigenvalue weighted by Gasteiger charge is -2.39. The summed E-state index contributed by atoms with van der Waals surface area (Å²) in [5.74, 6) is 0.610. The van der Waals surface area contributed by atoms with Crippen molar-refractivity contribution in [1.82, 2.24) is 14.5 Å². The molecule has 3 atom stereocenters. The van der Waals surface area contributed by atoms with Crippen LogP contribution in [0.1, 0.15) is 42.7 Å². The van der Waals surface area contributed by atoms with Crippen molar-refractivity contribution in [2.45, 2.75) is 50.3 Å². The van der Waals surface area contributed by atoms with Gasteiger partial charge in [-0.05, 0) is 60.8 Å². The van der Waals surface area contributed by atoms with Crippen LogP contribution < -0.4 is 4.72 Å². The van der Waals surface area contributed by atoms with Crippen LogP contribution in [0.25, 0.3) is 0 Å². The first-order chi connectivity index (χ1) is 19.1. The van der Waals surface area contributed by atoms with Crippen molar-refractivity contribution in [2.24, 2.45) is 5.92 Å². The molecule has 0 bridgehead atoms. The zero-order valence-electron chi connectivity index (χ0n) is 22.9. The number of non-ortho nitro benzene ring substituents is 1. The highest BCUT2D eigenvalue weighted by Gasteiger charge is 2.38.